The van der Waals surface area contributed by atoms with E-state index >= 15 is 0 Å². The number of imidazole rings is 1. The van der Waals surface area contributed by atoms with Crippen LogP contribution in [0.2, 0.25) is 0 Å². The van der Waals surface area contributed by atoms with Gasteiger partial charge in [0.05, 0.1) is 6.54 Å². The van der Waals surface area contributed by atoms with Crippen LogP contribution >= 0.6 is 15.9 Å². The largest absolute Gasteiger partial charge is 0.363 e. The molecule has 0 atom stereocenters. The molecule has 0 saturated carbocycles. The number of rotatable bonds is 5. The van der Waals surface area contributed by atoms with Crippen LogP contribution in [0.25, 0.3) is 0 Å². The molecule has 0 saturated heterocycles. The van der Waals surface area contributed by atoms with Gasteiger partial charge >= 0.3 is 0 Å². The Kier molecular flexibility index (Phi) is 4.25. The quantitative estimate of drug-likeness (QED) is 0.789. The molecular formula is C8H12BrN3O3. The van der Waals surface area contributed by atoms with Gasteiger partial charge in [0.1, 0.15) is 4.60 Å². The Bertz CT molecular complexity index is 349. The van der Waals surface area contributed by atoms with Crippen molar-refractivity contribution in [2.75, 3.05) is 14.2 Å². The fraction of sp³-hybridized carbons (Fsp3) is 0.500. The Labute approximate surface area is 95.5 Å². The number of hydrogen-bond acceptors (Lipinski definition) is 4. The highest BCUT2D eigenvalue weighted by Gasteiger charge is 2.15. The normalized spacial score (nSPS) is 10.9. The molecule has 15 heavy (non-hydrogen) atoms. The van der Waals surface area contributed by atoms with Gasteiger partial charge in [0.2, 0.25) is 0 Å². The third-order valence-corrected chi connectivity index (χ3v) is 2.22. The number of halogens is 1. The Morgan fingerprint density at radius 3 is 2.73 bits per heavy atom. The minimum atomic E-state index is -0.591. The Balaban J connectivity index is 2.88. The first-order valence-electron chi connectivity index (χ1n) is 4.16. The van der Waals surface area contributed by atoms with Crippen molar-refractivity contribution in [2.24, 2.45) is 5.73 Å². The molecule has 0 aliphatic heterocycles. The zero-order chi connectivity index (χ0) is 11.4. The van der Waals surface area contributed by atoms with Crippen LogP contribution in [-0.2, 0) is 16.0 Å². The summed E-state index contributed by atoms with van der Waals surface area (Å²) in [5.41, 5.74) is 5.16. The minimum absolute atomic E-state index is 0.168. The zero-order valence-corrected chi connectivity index (χ0v) is 10.0. The second kappa shape index (κ2) is 5.24. The lowest BCUT2D eigenvalue weighted by Crippen LogP contribution is -2.25. The van der Waals surface area contributed by atoms with Crippen LogP contribution in [0.5, 0.6) is 0 Å². The third-order valence-electron chi connectivity index (χ3n) is 1.84. The molecule has 0 bridgehead atoms. The summed E-state index contributed by atoms with van der Waals surface area (Å²) in [5.74, 6) is -0.423. The summed E-state index contributed by atoms with van der Waals surface area (Å²) in [6.45, 7) is 0.351. The van der Waals surface area contributed by atoms with Gasteiger partial charge in [0.15, 0.2) is 12.1 Å². The topological polar surface area (TPSA) is 79.4 Å². The van der Waals surface area contributed by atoms with Crippen LogP contribution in [0.3, 0.4) is 0 Å². The van der Waals surface area contributed by atoms with E-state index in [1.807, 2.05) is 0 Å². The van der Waals surface area contributed by atoms with E-state index in [0.717, 1.165) is 0 Å². The van der Waals surface area contributed by atoms with Crippen molar-refractivity contribution in [1.29, 1.82) is 0 Å². The molecule has 6 nitrogen and oxygen atoms in total. The van der Waals surface area contributed by atoms with Crippen LogP contribution < -0.4 is 5.73 Å². The summed E-state index contributed by atoms with van der Waals surface area (Å²) in [6, 6.07) is 0. The number of nitrogens with two attached hydrogens (primary N) is 1. The fourth-order valence-corrected chi connectivity index (χ4v) is 1.54. The summed E-state index contributed by atoms with van der Waals surface area (Å²) < 4.78 is 12.1. The van der Waals surface area contributed by atoms with E-state index in [9.17, 15) is 4.79 Å². The monoisotopic (exact) mass is 277 g/mol. The zero-order valence-electron chi connectivity index (χ0n) is 8.44. The molecule has 1 heterocycles. The van der Waals surface area contributed by atoms with Crippen LogP contribution in [0.15, 0.2) is 10.8 Å². The molecule has 84 valence electrons. The van der Waals surface area contributed by atoms with E-state index in [2.05, 4.69) is 20.9 Å². The van der Waals surface area contributed by atoms with Gasteiger partial charge in [-0.3, -0.25) is 4.79 Å². The molecule has 1 aromatic heterocycles. The van der Waals surface area contributed by atoms with Crippen molar-refractivity contribution in [1.82, 2.24) is 9.55 Å². The summed E-state index contributed by atoms with van der Waals surface area (Å²) >= 11 is 3.16. The van der Waals surface area contributed by atoms with Crippen LogP contribution in [0, 0.1) is 0 Å². The van der Waals surface area contributed by atoms with Crippen LogP contribution in [0.4, 0.5) is 0 Å². The summed E-state index contributed by atoms with van der Waals surface area (Å²) in [4.78, 5) is 15.0. The van der Waals surface area contributed by atoms with E-state index in [4.69, 9.17) is 15.2 Å². The number of amides is 1. The van der Waals surface area contributed by atoms with Crippen molar-refractivity contribution in [3.63, 3.8) is 0 Å². The molecule has 0 aliphatic rings. The molecule has 1 amide bonds. The van der Waals surface area contributed by atoms with Gasteiger partial charge in [-0.1, -0.05) is 0 Å². The average molecular weight is 278 g/mol. The van der Waals surface area contributed by atoms with Gasteiger partial charge in [-0.15, -0.1) is 0 Å². The van der Waals surface area contributed by atoms with Crippen molar-refractivity contribution in [2.45, 2.75) is 12.8 Å². The van der Waals surface area contributed by atoms with Crippen molar-refractivity contribution < 1.29 is 14.3 Å². The first kappa shape index (κ1) is 12.2. The number of methoxy groups -OCH3 is 2. The molecule has 0 aliphatic carbocycles. The molecule has 2 N–H and O–H groups in total. The van der Waals surface area contributed by atoms with E-state index in [0.29, 0.717) is 11.1 Å². The van der Waals surface area contributed by atoms with Crippen LogP contribution in [0.1, 0.15) is 10.6 Å². The van der Waals surface area contributed by atoms with Gasteiger partial charge in [-0.05, 0) is 15.9 Å². The summed E-state index contributed by atoms with van der Waals surface area (Å²) in [6.07, 6.45) is 1.20. The second-order valence-corrected chi connectivity index (χ2v) is 3.62. The number of carbonyl (C=O) groups excluding carboxylic acids is 1. The number of hydrogen-bond donors (Lipinski definition) is 1. The SMILES string of the molecule is COC(Cn1cc(Br)nc1C(N)=O)OC. The maximum absolute atomic E-state index is 11.0. The highest BCUT2D eigenvalue weighted by atomic mass is 79.9. The first-order chi connectivity index (χ1) is 7.08. The molecular weight excluding hydrogens is 266 g/mol. The molecule has 7 heteroatoms. The van der Waals surface area contributed by atoms with Crippen molar-refractivity contribution in [3.05, 3.63) is 16.6 Å². The molecule has 1 rings (SSSR count). The number of primary amides is 1. The average Bonchev–Trinajstić information content (AvgIpc) is 2.56. The third kappa shape index (κ3) is 3.01. The molecule has 1 aromatic rings. The van der Waals surface area contributed by atoms with Gasteiger partial charge in [0.25, 0.3) is 5.91 Å². The molecule has 0 fully saturated rings. The minimum Gasteiger partial charge on any atom is -0.363 e. The Morgan fingerprint density at radius 2 is 2.27 bits per heavy atom. The Hall–Kier alpha value is -0.920. The van der Waals surface area contributed by atoms with Crippen molar-refractivity contribution in [3.8, 4) is 0 Å². The molecule has 0 unspecified atom stereocenters. The number of aromatic nitrogens is 2. The summed E-state index contributed by atoms with van der Waals surface area (Å²) in [5, 5.41) is 0. The lowest BCUT2D eigenvalue weighted by molar-refractivity contribution is -0.111. The first-order valence-corrected chi connectivity index (χ1v) is 4.95. The Morgan fingerprint density at radius 1 is 1.67 bits per heavy atom. The number of nitrogens with zero attached hydrogens (tertiary/aromatic N) is 2. The number of ether oxygens (including phenoxy) is 2. The maximum Gasteiger partial charge on any atom is 0.284 e. The smallest absolute Gasteiger partial charge is 0.284 e. The van der Waals surface area contributed by atoms with E-state index in [1.54, 1.807) is 10.8 Å². The van der Waals surface area contributed by atoms with Crippen LogP contribution in [-0.4, -0.2) is 36.0 Å². The van der Waals surface area contributed by atoms with E-state index in [-0.39, 0.29) is 5.82 Å². The highest BCUT2D eigenvalue weighted by molar-refractivity contribution is 9.10. The summed E-state index contributed by atoms with van der Waals surface area (Å²) in [7, 11) is 3.04. The predicted molar refractivity (Wildman–Crippen MR) is 56.3 cm³/mol. The van der Waals surface area contributed by atoms with Gasteiger partial charge in [-0.2, -0.15) is 0 Å². The standard InChI is InChI=1S/C8H12BrN3O3/c1-14-6(15-2)4-12-3-5(9)11-8(12)7(10)13/h3,6H,4H2,1-2H3,(H2,10,13). The lowest BCUT2D eigenvalue weighted by Gasteiger charge is -2.14. The van der Waals surface area contributed by atoms with E-state index in [1.165, 1.54) is 14.2 Å². The maximum atomic E-state index is 11.0. The second-order valence-electron chi connectivity index (χ2n) is 2.80. The van der Waals surface area contributed by atoms with E-state index < -0.39 is 12.2 Å². The molecule has 0 aromatic carbocycles. The lowest BCUT2D eigenvalue weighted by atomic mass is 10.5. The van der Waals surface area contributed by atoms with Gasteiger partial charge in [-0.25, -0.2) is 4.98 Å². The van der Waals surface area contributed by atoms with Crippen molar-refractivity contribution >= 4 is 21.8 Å². The number of carbonyl (C=O) groups is 1. The molecule has 0 radical (unpaired) electrons. The molecule has 0 spiro atoms. The fourth-order valence-electron chi connectivity index (χ4n) is 1.13. The van der Waals surface area contributed by atoms with Gasteiger partial charge in [0, 0.05) is 20.4 Å². The predicted octanol–water partition coefficient (Wildman–Crippen LogP) is 0.363. The van der Waals surface area contributed by atoms with Gasteiger partial charge < -0.3 is 19.8 Å². The highest BCUT2D eigenvalue weighted by Crippen LogP contribution is 2.11.